The lowest BCUT2D eigenvalue weighted by Crippen LogP contribution is -3.00. The second-order valence-electron chi connectivity index (χ2n) is 8.42. The number of aryl methyl sites for hydroxylation is 1. The first-order chi connectivity index (χ1) is 17.0. The average Bonchev–Trinajstić information content (AvgIpc) is 3.38. The van der Waals surface area contributed by atoms with E-state index < -0.39 is 5.97 Å². The van der Waals surface area contributed by atoms with Crippen LogP contribution < -0.4 is 38.2 Å². The first kappa shape index (κ1) is 26.5. The molecule has 4 aromatic rings. The van der Waals surface area contributed by atoms with Crippen LogP contribution in [0.5, 0.6) is 5.75 Å². The number of hydrogen-bond acceptors (Lipinski definition) is 5. The van der Waals surface area contributed by atoms with Crippen molar-refractivity contribution >= 4 is 61.8 Å². The Hall–Kier alpha value is -2.56. The van der Waals surface area contributed by atoms with Gasteiger partial charge in [-0.2, -0.15) is 4.57 Å². The van der Waals surface area contributed by atoms with Crippen LogP contribution in [0.3, 0.4) is 0 Å². The summed E-state index contributed by atoms with van der Waals surface area (Å²) in [5.74, 6) is -0.00133. The van der Waals surface area contributed by atoms with Gasteiger partial charge in [-0.3, -0.25) is 4.79 Å². The number of allylic oxidation sites excluding steroid dienone is 2. The van der Waals surface area contributed by atoms with Gasteiger partial charge in [-0.05, 0) is 53.8 Å². The van der Waals surface area contributed by atoms with Crippen molar-refractivity contribution in [2.24, 2.45) is 7.05 Å². The van der Waals surface area contributed by atoms with E-state index in [-0.39, 0.29) is 30.4 Å². The number of thiazole rings is 1. The Balaban J connectivity index is 0.00000304. The van der Waals surface area contributed by atoms with E-state index in [0.29, 0.717) is 6.54 Å². The van der Waals surface area contributed by atoms with Crippen LogP contribution in [-0.2, 0) is 11.8 Å². The van der Waals surface area contributed by atoms with E-state index in [1.54, 1.807) is 30.2 Å². The summed E-state index contributed by atoms with van der Waals surface area (Å²) in [6, 6.07) is 18.8. The van der Waals surface area contributed by atoms with E-state index >= 15 is 0 Å². The molecule has 5 nitrogen and oxygen atoms in total. The van der Waals surface area contributed by atoms with Crippen LogP contribution in [0.4, 0.5) is 5.69 Å². The second-order valence-corrected chi connectivity index (χ2v) is 10.5. The fourth-order valence-corrected chi connectivity index (χ4v) is 6.74. The SMILES string of the molecule is CCC(=C/c1sc2ccc3ccccc3c2[n+]1C)/C=C1\Sc2cc(OC)ccc2N1CCC(=O)O.[I-]. The highest BCUT2D eigenvalue weighted by Gasteiger charge is 2.26. The first-order valence-electron chi connectivity index (χ1n) is 11.6. The van der Waals surface area contributed by atoms with Crippen molar-refractivity contribution in [3.05, 3.63) is 76.3 Å². The van der Waals surface area contributed by atoms with Crippen molar-refractivity contribution in [1.82, 2.24) is 0 Å². The molecule has 186 valence electrons. The normalized spacial score (nSPS) is 14.4. The number of aliphatic carboxylic acids is 1. The summed E-state index contributed by atoms with van der Waals surface area (Å²) >= 11 is 3.45. The molecule has 1 N–H and O–H groups in total. The van der Waals surface area contributed by atoms with Crippen molar-refractivity contribution in [2.75, 3.05) is 18.6 Å². The molecule has 0 saturated carbocycles. The number of hydrogen-bond donors (Lipinski definition) is 1. The summed E-state index contributed by atoms with van der Waals surface area (Å²) in [7, 11) is 3.79. The number of nitrogens with zero attached hydrogens (tertiary/aromatic N) is 2. The van der Waals surface area contributed by atoms with Gasteiger partial charge in [-0.15, -0.1) is 0 Å². The molecule has 2 heterocycles. The molecule has 3 aromatic carbocycles. The second kappa shape index (κ2) is 11.2. The smallest absolute Gasteiger partial charge is 0.305 e. The van der Waals surface area contributed by atoms with Crippen LogP contribution in [0.1, 0.15) is 24.8 Å². The van der Waals surface area contributed by atoms with Gasteiger partial charge in [0.15, 0.2) is 0 Å². The van der Waals surface area contributed by atoms with Crippen LogP contribution >= 0.6 is 23.1 Å². The number of ether oxygens (including phenoxy) is 1. The van der Waals surface area contributed by atoms with E-state index in [1.165, 1.54) is 31.6 Å². The van der Waals surface area contributed by atoms with Crippen molar-refractivity contribution in [3.8, 4) is 5.75 Å². The van der Waals surface area contributed by atoms with Gasteiger partial charge in [0, 0.05) is 17.5 Å². The van der Waals surface area contributed by atoms with Gasteiger partial charge in [0.25, 0.3) is 5.01 Å². The number of thioether (sulfide) groups is 1. The number of carboxylic acid groups (broad SMARTS) is 1. The van der Waals surface area contributed by atoms with E-state index in [9.17, 15) is 9.90 Å². The summed E-state index contributed by atoms with van der Waals surface area (Å²) in [5.41, 5.74) is 3.47. The molecule has 1 aromatic heterocycles. The standard InChI is InChI=1S/C28H26N2O3S2.HI/c1-4-18(15-25-29(2)28-21-8-6-5-7-19(21)9-12-23(28)34-25)16-26-30(14-13-27(31)32)22-11-10-20(33-3)17-24(22)35-26;/h5-12,15-17H,4,13-14H2,1-3H3;1H. The molecule has 0 fully saturated rings. The molecule has 8 heteroatoms. The lowest BCUT2D eigenvalue weighted by molar-refractivity contribution is -0.641. The van der Waals surface area contributed by atoms with Crippen LogP contribution in [-0.4, -0.2) is 24.7 Å². The van der Waals surface area contributed by atoms with Crippen molar-refractivity contribution in [3.63, 3.8) is 0 Å². The topological polar surface area (TPSA) is 53.7 Å². The molecule has 0 unspecified atom stereocenters. The third-order valence-corrected chi connectivity index (χ3v) is 8.50. The summed E-state index contributed by atoms with van der Waals surface area (Å²) in [4.78, 5) is 14.5. The third-order valence-electron chi connectivity index (χ3n) is 6.26. The summed E-state index contributed by atoms with van der Waals surface area (Å²) in [5, 5.41) is 14.0. The van der Waals surface area contributed by atoms with Gasteiger partial charge in [0.2, 0.25) is 5.52 Å². The Morgan fingerprint density at radius 3 is 2.72 bits per heavy atom. The number of halogens is 1. The van der Waals surface area contributed by atoms with Crippen LogP contribution in [0, 0.1) is 0 Å². The molecule has 0 amide bonds. The zero-order chi connectivity index (χ0) is 24.5. The minimum atomic E-state index is -0.799. The minimum Gasteiger partial charge on any atom is -1.00 e. The number of rotatable bonds is 7. The minimum absolute atomic E-state index is 0. The number of aromatic nitrogens is 1. The molecule has 0 atom stereocenters. The van der Waals surface area contributed by atoms with Gasteiger partial charge >= 0.3 is 5.97 Å². The van der Waals surface area contributed by atoms with Crippen LogP contribution in [0.2, 0.25) is 0 Å². The fourth-order valence-electron chi connectivity index (χ4n) is 4.40. The molecule has 1 aliphatic rings. The Bertz CT molecular complexity index is 1510. The highest BCUT2D eigenvalue weighted by atomic mass is 127. The molecule has 0 bridgehead atoms. The van der Waals surface area contributed by atoms with Crippen LogP contribution in [0.25, 0.3) is 27.1 Å². The number of anilines is 1. The largest absolute Gasteiger partial charge is 1.00 e. The molecular weight excluding hydrogens is 603 g/mol. The summed E-state index contributed by atoms with van der Waals surface area (Å²) in [6.45, 7) is 2.58. The average molecular weight is 631 g/mol. The number of benzene rings is 3. The maximum absolute atomic E-state index is 11.3. The maximum Gasteiger partial charge on any atom is 0.305 e. The summed E-state index contributed by atoms with van der Waals surface area (Å²) in [6.07, 6.45) is 5.39. The summed E-state index contributed by atoms with van der Waals surface area (Å²) < 4.78 is 8.94. The molecular formula is C28H27IN2O3S2. The third kappa shape index (κ3) is 5.12. The molecule has 0 saturated heterocycles. The quantitative estimate of drug-likeness (QED) is 0.250. The Morgan fingerprint density at radius 2 is 1.97 bits per heavy atom. The van der Waals surface area contributed by atoms with E-state index in [4.69, 9.17) is 4.74 Å². The fraction of sp³-hybridized carbons (Fsp3) is 0.214. The molecule has 0 radical (unpaired) electrons. The van der Waals surface area contributed by atoms with Gasteiger partial charge in [-0.25, -0.2) is 0 Å². The predicted octanol–water partition coefficient (Wildman–Crippen LogP) is 3.61. The van der Waals surface area contributed by atoms with Crippen molar-refractivity contribution < 1.29 is 43.2 Å². The van der Waals surface area contributed by atoms with Gasteiger partial charge in [-0.1, -0.05) is 54.3 Å². The van der Waals surface area contributed by atoms with E-state index in [0.717, 1.165) is 27.8 Å². The van der Waals surface area contributed by atoms with Gasteiger partial charge in [0.05, 0.1) is 29.6 Å². The van der Waals surface area contributed by atoms with Crippen molar-refractivity contribution in [1.29, 1.82) is 0 Å². The number of methoxy groups -OCH3 is 1. The van der Waals surface area contributed by atoms with E-state index in [1.807, 2.05) is 18.2 Å². The number of fused-ring (bicyclic) bond motifs is 4. The predicted molar refractivity (Wildman–Crippen MR) is 145 cm³/mol. The lowest BCUT2D eigenvalue weighted by atomic mass is 10.1. The molecule has 5 rings (SSSR count). The Kier molecular flexibility index (Phi) is 8.27. The van der Waals surface area contributed by atoms with Gasteiger partial charge < -0.3 is 38.7 Å². The molecule has 1 aliphatic heterocycles. The number of carbonyl (C=O) groups is 1. The lowest BCUT2D eigenvalue weighted by Gasteiger charge is -2.20. The molecule has 0 aliphatic carbocycles. The van der Waals surface area contributed by atoms with Crippen molar-refractivity contribution in [2.45, 2.75) is 24.7 Å². The monoisotopic (exact) mass is 630 g/mol. The van der Waals surface area contributed by atoms with Gasteiger partial charge in [0.1, 0.15) is 17.5 Å². The molecule has 0 spiro atoms. The van der Waals surface area contributed by atoms with Crippen LogP contribution in [0.15, 0.2) is 76.2 Å². The maximum atomic E-state index is 11.3. The Morgan fingerprint density at radius 1 is 1.17 bits per heavy atom. The molecule has 36 heavy (non-hydrogen) atoms. The Labute approximate surface area is 236 Å². The highest BCUT2D eigenvalue weighted by molar-refractivity contribution is 8.03. The zero-order valence-corrected chi connectivity index (χ0v) is 24.1. The first-order valence-corrected chi connectivity index (χ1v) is 13.2. The number of carboxylic acids is 1. The zero-order valence-electron chi connectivity index (χ0n) is 20.3. The highest BCUT2D eigenvalue weighted by Crippen LogP contribution is 2.48. The van der Waals surface area contributed by atoms with E-state index in [2.05, 4.69) is 72.0 Å².